The standard InChI is InChI=1S/C24H20N2O3S/c27-22(26-24-25-20-13-7-8-14-21(20)30-24)16-29-23(28)15-19(17-9-3-1-4-10-17)18-11-5-2-6-12-18/h1-14,19H,15-16H2,(H,25,26,27). The Hall–Kier alpha value is -3.51. The molecule has 0 spiro atoms. The third-order valence-electron chi connectivity index (χ3n) is 4.68. The van der Waals surface area contributed by atoms with Gasteiger partial charge in [-0.15, -0.1) is 0 Å². The molecule has 30 heavy (non-hydrogen) atoms. The van der Waals surface area contributed by atoms with E-state index in [1.165, 1.54) is 11.3 Å². The smallest absolute Gasteiger partial charge is 0.307 e. The van der Waals surface area contributed by atoms with Gasteiger partial charge in [-0.1, -0.05) is 84.1 Å². The zero-order chi connectivity index (χ0) is 20.8. The molecule has 3 aromatic carbocycles. The van der Waals surface area contributed by atoms with Gasteiger partial charge in [0, 0.05) is 5.92 Å². The van der Waals surface area contributed by atoms with Crippen molar-refractivity contribution in [2.24, 2.45) is 0 Å². The summed E-state index contributed by atoms with van der Waals surface area (Å²) in [5.74, 6) is -0.960. The lowest BCUT2D eigenvalue weighted by Crippen LogP contribution is -2.21. The molecular weight excluding hydrogens is 396 g/mol. The zero-order valence-electron chi connectivity index (χ0n) is 16.2. The lowest BCUT2D eigenvalue weighted by atomic mass is 9.89. The highest BCUT2D eigenvalue weighted by molar-refractivity contribution is 7.22. The fraction of sp³-hybridized carbons (Fsp3) is 0.125. The normalized spacial score (nSPS) is 10.8. The highest BCUT2D eigenvalue weighted by Gasteiger charge is 2.20. The summed E-state index contributed by atoms with van der Waals surface area (Å²) in [6.45, 7) is -0.342. The molecule has 1 N–H and O–H groups in total. The highest BCUT2D eigenvalue weighted by atomic mass is 32.1. The van der Waals surface area contributed by atoms with Gasteiger partial charge in [0.15, 0.2) is 11.7 Å². The molecule has 6 heteroatoms. The van der Waals surface area contributed by atoms with Gasteiger partial charge in [-0.25, -0.2) is 4.98 Å². The number of aromatic nitrogens is 1. The Morgan fingerprint density at radius 1 is 0.867 bits per heavy atom. The fourth-order valence-corrected chi connectivity index (χ4v) is 4.13. The lowest BCUT2D eigenvalue weighted by Gasteiger charge is -2.17. The van der Waals surface area contributed by atoms with Crippen LogP contribution >= 0.6 is 11.3 Å². The second-order valence-corrected chi connectivity index (χ2v) is 7.80. The first-order valence-electron chi connectivity index (χ1n) is 9.60. The Morgan fingerprint density at radius 2 is 1.47 bits per heavy atom. The molecule has 0 fully saturated rings. The number of esters is 1. The second-order valence-electron chi connectivity index (χ2n) is 6.77. The molecule has 0 aliphatic rings. The number of nitrogens with zero attached hydrogens (tertiary/aromatic N) is 1. The van der Waals surface area contributed by atoms with E-state index < -0.39 is 11.9 Å². The molecule has 4 rings (SSSR count). The summed E-state index contributed by atoms with van der Waals surface area (Å²) in [5.41, 5.74) is 2.88. The van der Waals surface area contributed by atoms with E-state index in [0.29, 0.717) is 5.13 Å². The van der Waals surface area contributed by atoms with Crippen LogP contribution in [0.4, 0.5) is 5.13 Å². The molecule has 0 aliphatic carbocycles. The Morgan fingerprint density at radius 3 is 2.10 bits per heavy atom. The van der Waals surface area contributed by atoms with Gasteiger partial charge < -0.3 is 4.74 Å². The van der Waals surface area contributed by atoms with Crippen LogP contribution in [0.1, 0.15) is 23.5 Å². The summed E-state index contributed by atoms with van der Waals surface area (Å²) in [5, 5.41) is 3.18. The van der Waals surface area contributed by atoms with Crippen molar-refractivity contribution < 1.29 is 14.3 Å². The van der Waals surface area contributed by atoms with Crippen LogP contribution in [0, 0.1) is 0 Å². The molecule has 5 nitrogen and oxygen atoms in total. The van der Waals surface area contributed by atoms with E-state index in [1.54, 1.807) is 0 Å². The Balaban J connectivity index is 1.37. The summed E-state index contributed by atoms with van der Waals surface area (Å²) in [6.07, 6.45) is 0.155. The van der Waals surface area contributed by atoms with Crippen LogP contribution in [-0.2, 0) is 14.3 Å². The van der Waals surface area contributed by atoms with Crippen molar-refractivity contribution in [3.63, 3.8) is 0 Å². The largest absolute Gasteiger partial charge is 0.456 e. The van der Waals surface area contributed by atoms with Crippen molar-refractivity contribution >= 4 is 38.6 Å². The van der Waals surface area contributed by atoms with Crippen molar-refractivity contribution in [2.45, 2.75) is 12.3 Å². The predicted molar refractivity (Wildman–Crippen MR) is 119 cm³/mol. The lowest BCUT2D eigenvalue weighted by molar-refractivity contribution is -0.147. The Bertz CT molecular complexity index is 1070. The van der Waals surface area contributed by atoms with Gasteiger partial charge in [-0.05, 0) is 23.3 Å². The van der Waals surface area contributed by atoms with Crippen LogP contribution in [0.25, 0.3) is 10.2 Å². The third-order valence-corrected chi connectivity index (χ3v) is 5.63. The number of rotatable bonds is 7. The maximum absolute atomic E-state index is 12.5. The van der Waals surface area contributed by atoms with Gasteiger partial charge in [0.2, 0.25) is 0 Å². The number of para-hydroxylation sites is 1. The first-order valence-corrected chi connectivity index (χ1v) is 10.4. The summed E-state index contributed by atoms with van der Waals surface area (Å²) in [4.78, 5) is 29.0. The summed E-state index contributed by atoms with van der Waals surface area (Å²) >= 11 is 1.38. The number of fused-ring (bicyclic) bond motifs is 1. The van der Waals surface area contributed by atoms with Gasteiger partial charge in [-0.2, -0.15) is 0 Å². The Labute approximate surface area is 178 Å². The number of benzene rings is 3. The summed E-state index contributed by atoms with van der Waals surface area (Å²) < 4.78 is 6.23. The van der Waals surface area contributed by atoms with Crippen LogP contribution in [0.2, 0.25) is 0 Å². The van der Waals surface area contributed by atoms with E-state index in [2.05, 4.69) is 10.3 Å². The number of anilines is 1. The number of carbonyl (C=O) groups is 2. The van der Waals surface area contributed by atoms with Crippen LogP contribution in [0.3, 0.4) is 0 Å². The van der Waals surface area contributed by atoms with E-state index in [-0.39, 0.29) is 18.9 Å². The first-order chi connectivity index (χ1) is 14.7. The number of carbonyl (C=O) groups excluding carboxylic acids is 2. The van der Waals surface area contributed by atoms with Crippen molar-refractivity contribution in [3.05, 3.63) is 96.1 Å². The minimum atomic E-state index is -0.424. The maximum atomic E-state index is 12.5. The molecule has 0 saturated carbocycles. The molecular formula is C24H20N2O3S. The molecule has 0 aliphatic heterocycles. The number of ether oxygens (including phenoxy) is 1. The average Bonchev–Trinajstić information content (AvgIpc) is 3.19. The molecule has 1 heterocycles. The topological polar surface area (TPSA) is 68.3 Å². The average molecular weight is 417 g/mol. The molecule has 0 saturated heterocycles. The minimum absolute atomic E-state index is 0.132. The monoisotopic (exact) mass is 416 g/mol. The van der Waals surface area contributed by atoms with Gasteiger partial charge in [0.25, 0.3) is 5.91 Å². The highest BCUT2D eigenvalue weighted by Crippen LogP contribution is 2.28. The van der Waals surface area contributed by atoms with Crippen LogP contribution < -0.4 is 5.32 Å². The van der Waals surface area contributed by atoms with Crippen LogP contribution in [0.5, 0.6) is 0 Å². The summed E-state index contributed by atoms with van der Waals surface area (Å²) in [7, 11) is 0. The van der Waals surface area contributed by atoms with E-state index in [4.69, 9.17) is 4.74 Å². The molecule has 1 amide bonds. The Kier molecular flexibility index (Phi) is 6.15. The van der Waals surface area contributed by atoms with Crippen molar-refractivity contribution in [1.82, 2.24) is 4.98 Å². The zero-order valence-corrected chi connectivity index (χ0v) is 17.0. The molecule has 0 bridgehead atoms. The number of thiazole rings is 1. The SMILES string of the molecule is O=C(COC(=O)CC(c1ccccc1)c1ccccc1)Nc1nc2ccccc2s1. The fourth-order valence-electron chi connectivity index (χ4n) is 3.25. The van der Waals surface area contributed by atoms with E-state index in [9.17, 15) is 9.59 Å². The maximum Gasteiger partial charge on any atom is 0.307 e. The molecule has 0 unspecified atom stereocenters. The van der Waals surface area contributed by atoms with Gasteiger partial charge in [0.05, 0.1) is 16.6 Å². The molecule has 4 aromatic rings. The van der Waals surface area contributed by atoms with E-state index in [0.717, 1.165) is 21.3 Å². The predicted octanol–water partition coefficient (Wildman–Crippen LogP) is 5.00. The van der Waals surface area contributed by atoms with Crippen LogP contribution in [0.15, 0.2) is 84.9 Å². The summed E-state index contributed by atoms with van der Waals surface area (Å²) in [6, 6.07) is 27.3. The minimum Gasteiger partial charge on any atom is -0.456 e. The molecule has 1 aromatic heterocycles. The second kappa shape index (κ2) is 9.33. The molecule has 150 valence electrons. The van der Waals surface area contributed by atoms with Gasteiger partial charge in [0.1, 0.15) is 0 Å². The van der Waals surface area contributed by atoms with Gasteiger partial charge >= 0.3 is 5.97 Å². The molecule has 0 atom stereocenters. The first kappa shape index (κ1) is 19.8. The quantitative estimate of drug-likeness (QED) is 0.431. The van der Waals surface area contributed by atoms with Crippen molar-refractivity contribution in [2.75, 3.05) is 11.9 Å². The van der Waals surface area contributed by atoms with Crippen LogP contribution in [-0.4, -0.2) is 23.5 Å². The van der Waals surface area contributed by atoms with Crippen molar-refractivity contribution in [1.29, 1.82) is 0 Å². The van der Waals surface area contributed by atoms with Crippen molar-refractivity contribution in [3.8, 4) is 0 Å². The van der Waals surface area contributed by atoms with E-state index in [1.807, 2.05) is 84.9 Å². The third kappa shape index (κ3) is 4.90. The number of nitrogens with one attached hydrogen (secondary N) is 1. The number of hydrogen-bond acceptors (Lipinski definition) is 5. The van der Waals surface area contributed by atoms with E-state index >= 15 is 0 Å². The number of hydrogen-bond donors (Lipinski definition) is 1. The number of amides is 1. The molecule has 0 radical (unpaired) electrons. The van der Waals surface area contributed by atoms with Gasteiger partial charge in [-0.3, -0.25) is 14.9 Å².